The van der Waals surface area contributed by atoms with Crippen LogP contribution < -0.4 is 30.0 Å². The summed E-state index contributed by atoms with van der Waals surface area (Å²) in [6, 6.07) is 17.7. The lowest BCUT2D eigenvalue weighted by Gasteiger charge is -2.11. The Labute approximate surface area is 217 Å². The van der Waals surface area contributed by atoms with Gasteiger partial charge >= 0.3 is 0 Å². The van der Waals surface area contributed by atoms with E-state index in [-0.39, 0.29) is 32.1 Å². The third-order valence-corrected chi connectivity index (χ3v) is 8.81. The third-order valence-electron chi connectivity index (χ3n) is 5.71. The Kier molecular flexibility index (Phi) is 6.40. The number of thiophene rings is 1. The molecule has 3 aromatic carbocycles. The van der Waals surface area contributed by atoms with Gasteiger partial charge in [-0.3, -0.25) is 4.79 Å². The normalized spacial score (nSPS) is 12.3. The van der Waals surface area contributed by atoms with Crippen molar-refractivity contribution in [1.82, 2.24) is 0 Å². The number of rotatable bonds is 8. The summed E-state index contributed by atoms with van der Waals surface area (Å²) >= 11 is 0.957. The van der Waals surface area contributed by atoms with Gasteiger partial charge in [0.15, 0.2) is 11.5 Å². The third kappa shape index (κ3) is 4.54. The molecule has 0 spiro atoms. The molecule has 0 aliphatic carbocycles. The molecule has 0 atom stereocenters. The molecule has 1 aromatic heterocycles. The Morgan fingerprint density at radius 1 is 0.946 bits per heavy atom. The average molecular weight is 539 g/mol. The van der Waals surface area contributed by atoms with E-state index < -0.39 is 15.6 Å². The SMILES string of the molecule is COc1ccc(S(=O)(=O)c2c(Nc3cccc(OC)c3)sc(C(=O)c3ccc4c(c3)OCO4)c2N)cc1. The summed E-state index contributed by atoms with van der Waals surface area (Å²) in [5, 5.41) is 3.31. The van der Waals surface area contributed by atoms with Crippen molar-refractivity contribution in [3.8, 4) is 23.0 Å². The number of hydrogen-bond donors (Lipinski definition) is 2. The molecular formula is C26H22N2O7S2. The molecule has 1 aliphatic heterocycles. The van der Waals surface area contributed by atoms with E-state index in [2.05, 4.69) is 5.32 Å². The highest BCUT2D eigenvalue weighted by molar-refractivity contribution is 7.92. The fourth-order valence-electron chi connectivity index (χ4n) is 3.82. The van der Waals surface area contributed by atoms with Crippen LogP contribution in [0.15, 0.2) is 76.5 Å². The smallest absolute Gasteiger partial charge is 0.231 e. The van der Waals surface area contributed by atoms with Gasteiger partial charge in [-0.05, 0) is 54.6 Å². The number of anilines is 3. The van der Waals surface area contributed by atoms with Gasteiger partial charge in [-0.2, -0.15) is 0 Å². The number of benzene rings is 3. The van der Waals surface area contributed by atoms with Crippen molar-refractivity contribution in [2.75, 3.05) is 32.1 Å². The summed E-state index contributed by atoms with van der Waals surface area (Å²) in [7, 11) is -1.10. The number of carbonyl (C=O) groups excluding carboxylic acids is 1. The molecule has 0 radical (unpaired) electrons. The first-order valence-corrected chi connectivity index (χ1v) is 13.3. The van der Waals surface area contributed by atoms with E-state index in [1.54, 1.807) is 54.6 Å². The Hall–Kier alpha value is -4.22. The van der Waals surface area contributed by atoms with Crippen LogP contribution in [0, 0.1) is 0 Å². The van der Waals surface area contributed by atoms with Gasteiger partial charge in [0, 0.05) is 17.3 Å². The summed E-state index contributed by atoms with van der Waals surface area (Å²) < 4.78 is 48.7. The number of hydrogen-bond acceptors (Lipinski definition) is 10. The maximum atomic E-state index is 13.8. The zero-order valence-electron chi connectivity index (χ0n) is 19.8. The van der Waals surface area contributed by atoms with Crippen molar-refractivity contribution in [2.24, 2.45) is 0 Å². The van der Waals surface area contributed by atoms with Gasteiger partial charge in [-0.25, -0.2) is 8.42 Å². The highest BCUT2D eigenvalue weighted by Crippen LogP contribution is 2.45. The predicted molar refractivity (Wildman–Crippen MR) is 139 cm³/mol. The minimum absolute atomic E-state index is 0.00794. The van der Waals surface area contributed by atoms with Crippen molar-refractivity contribution in [1.29, 1.82) is 0 Å². The van der Waals surface area contributed by atoms with Crippen LogP contribution >= 0.6 is 11.3 Å². The molecule has 11 heteroatoms. The second-order valence-corrected chi connectivity index (χ2v) is 10.8. The van der Waals surface area contributed by atoms with Crippen LogP contribution in [0.25, 0.3) is 0 Å². The van der Waals surface area contributed by atoms with E-state index in [1.807, 2.05) is 0 Å². The summed E-state index contributed by atoms with van der Waals surface area (Å²) in [5.74, 6) is 1.60. The number of ketones is 1. The quantitative estimate of drug-likeness (QED) is 0.302. The highest BCUT2D eigenvalue weighted by Gasteiger charge is 2.32. The lowest BCUT2D eigenvalue weighted by Crippen LogP contribution is -2.08. The highest BCUT2D eigenvalue weighted by atomic mass is 32.2. The first kappa shape index (κ1) is 24.5. The molecule has 0 unspecified atom stereocenters. The summed E-state index contributed by atoms with van der Waals surface area (Å²) in [6.45, 7) is 0.0625. The van der Waals surface area contributed by atoms with E-state index >= 15 is 0 Å². The number of sulfone groups is 1. The van der Waals surface area contributed by atoms with Crippen LogP contribution in [0.3, 0.4) is 0 Å². The first-order chi connectivity index (χ1) is 17.8. The molecule has 0 amide bonds. The zero-order chi connectivity index (χ0) is 26.2. The molecule has 0 fully saturated rings. The summed E-state index contributed by atoms with van der Waals surface area (Å²) in [5.41, 5.74) is 7.12. The van der Waals surface area contributed by atoms with E-state index in [0.717, 1.165) is 11.3 Å². The standard InChI is InChI=1S/C26H22N2O7S2/c1-32-17-7-9-19(10-8-17)37(30,31)25-22(27)24(23(29)15-6-11-20-21(12-15)35-14-34-20)36-26(25)28-16-4-3-5-18(13-16)33-2/h3-13,28H,14,27H2,1-2H3. The lowest BCUT2D eigenvalue weighted by molar-refractivity contribution is 0.104. The molecule has 1 aliphatic rings. The van der Waals surface area contributed by atoms with Crippen LogP contribution in [0.4, 0.5) is 16.4 Å². The van der Waals surface area contributed by atoms with Crippen LogP contribution in [0.1, 0.15) is 15.2 Å². The Morgan fingerprint density at radius 2 is 1.68 bits per heavy atom. The summed E-state index contributed by atoms with van der Waals surface area (Å²) in [4.78, 5) is 13.4. The molecule has 190 valence electrons. The molecule has 9 nitrogen and oxygen atoms in total. The lowest BCUT2D eigenvalue weighted by atomic mass is 10.1. The topological polar surface area (TPSA) is 126 Å². The van der Waals surface area contributed by atoms with Crippen LogP contribution in [-0.2, 0) is 9.84 Å². The minimum atomic E-state index is -4.13. The van der Waals surface area contributed by atoms with Crippen LogP contribution in [0.5, 0.6) is 23.0 Å². The van der Waals surface area contributed by atoms with Crippen LogP contribution in [0.2, 0.25) is 0 Å². The Bertz CT molecular complexity index is 1600. The molecule has 3 N–H and O–H groups in total. The molecule has 0 bridgehead atoms. The number of carbonyl (C=O) groups is 1. The number of nitrogen functional groups attached to an aromatic ring is 1. The van der Waals surface area contributed by atoms with Gasteiger partial charge in [0.25, 0.3) is 0 Å². The largest absolute Gasteiger partial charge is 0.497 e. The van der Waals surface area contributed by atoms with Gasteiger partial charge in [-0.1, -0.05) is 6.07 Å². The molecule has 4 aromatic rings. The first-order valence-electron chi connectivity index (χ1n) is 11.0. The molecular weight excluding hydrogens is 516 g/mol. The van der Waals surface area contributed by atoms with E-state index in [9.17, 15) is 13.2 Å². The van der Waals surface area contributed by atoms with Crippen molar-refractivity contribution in [3.05, 3.63) is 77.2 Å². The van der Waals surface area contributed by atoms with Gasteiger partial charge < -0.3 is 30.0 Å². The monoisotopic (exact) mass is 538 g/mol. The van der Waals surface area contributed by atoms with Crippen molar-refractivity contribution in [3.63, 3.8) is 0 Å². The van der Waals surface area contributed by atoms with E-state index in [1.165, 1.54) is 26.4 Å². The number of nitrogens with two attached hydrogens (primary N) is 1. The van der Waals surface area contributed by atoms with Crippen molar-refractivity contribution >= 4 is 43.3 Å². The van der Waals surface area contributed by atoms with Gasteiger partial charge in [-0.15, -0.1) is 11.3 Å². The molecule has 37 heavy (non-hydrogen) atoms. The molecule has 5 rings (SSSR count). The fraction of sp³-hybridized carbons (Fsp3) is 0.115. The van der Waals surface area contributed by atoms with Gasteiger partial charge in [0.05, 0.1) is 24.8 Å². The van der Waals surface area contributed by atoms with E-state index in [0.29, 0.717) is 34.2 Å². The van der Waals surface area contributed by atoms with E-state index in [4.69, 9.17) is 24.7 Å². The van der Waals surface area contributed by atoms with Gasteiger partial charge in [0.2, 0.25) is 22.4 Å². The van der Waals surface area contributed by atoms with Crippen LogP contribution in [-0.4, -0.2) is 35.2 Å². The maximum absolute atomic E-state index is 13.8. The fourth-order valence-corrected chi connectivity index (χ4v) is 6.75. The Morgan fingerprint density at radius 3 is 2.41 bits per heavy atom. The van der Waals surface area contributed by atoms with Crippen molar-refractivity contribution < 1.29 is 32.2 Å². The maximum Gasteiger partial charge on any atom is 0.231 e. The average Bonchev–Trinajstić information content (AvgIpc) is 3.52. The molecule has 0 saturated carbocycles. The minimum Gasteiger partial charge on any atom is -0.497 e. The molecule has 0 saturated heterocycles. The number of ether oxygens (including phenoxy) is 4. The Balaban J connectivity index is 1.63. The number of nitrogens with one attached hydrogen (secondary N) is 1. The number of fused-ring (bicyclic) bond motifs is 1. The predicted octanol–water partition coefficient (Wildman–Crippen LogP) is 4.88. The van der Waals surface area contributed by atoms with Gasteiger partial charge in [0.1, 0.15) is 26.3 Å². The zero-order valence-corrected chi connectivity index (χ0v) is 21.4. The second kappa shape index (κ2) is 9.68. The second-order valence-electron chi connectivity index (χ2n) is 7.94. The number of methoxy groups -OCH3 is 2. The summed E-state index contributed by atoms with van der Waals surface area (Å²) in [6.07, 6.45) is 0. The van der Waals surface area contributed by atoms with Crippen molar-refractivity contribution in [2.45, 2.75) is 9.79 Å². The molecule has 2 heterocycles.